The number of rotatable bonds is 6. The topological polar surface area (TPSA) is 30.7 Å². The summed E-state index contributed by atoms with van der Waals surface area (Å²) < 4.78 is 47.2. The van der Waals surface area contributed by atoms with Gasteiger partial charge in [0.1, 0.15) is 0 Å². The average Bonchev–Trinajstić information content (AvgIpc) is 4.00. The van der Waals surface area contributed by atoms with Crippen molar-refractivity contribution in [3.63, 3.8) is 0 Å². The molecule has 0 aliphatic heterocycles. The first kappa shape index (κ1) is 35.1. The SMILES string of the molecule is [2H]C([2H])([2H])c1c[c-]c(-c2ccc(C([2H])([2H])[2H])cn2)cc1.[Ir].[c-]1sc2ccc(-c3ccc4ccc5ccccc5c4c3)cc2c1-c1nc2ccccc2n1-c1c(-c2ccccc2)cccc1-c1ccccc1. The van der Waals surface area contributed by atoms with Gasteiger partial charge in [0, 0.05) is 45.7 Å². The van der Waals surface area contributed by atoms with E-state index in [1.54, 1.807) is 23.5 Å². The number of aryl methyl sites for hydroxylation is 2. The van der Waals surface area contributed by atoms with Crippen LogP contribution in [0.25, 0.3) is 104 Å². The Balaban J connectivity index is 0.000000234. The van der Waals surface area contributed by atoms with Crippen LogP contribution in [-0.4, -0.2) is 14.5 Å². The molecule has 65 heavy (non-hydrogen) atoms. The van der Waals surface area contributed by atoms with Crippen molar-refractivity contribution in [2.45, 2.75) is 13.7 Å². The normalized spacial score (nSPS) is 12.9. The van der Waals surface area contributed by atoms with Crippen molar-refractivity contribution in [3.05, 3.63) is 235 Å². The average molecular weight is 1030 g/mol. The van der Waals surface area contributed by atoms with Crippen LogP contribution in [0.5, 0.6) is 0 Å². The van der Waals surface area contributed by atoms with E-state index in [1.807, 2.05) is 0 Å². The molecular formula is C60H41IrN3S-2. The number of benzene rings is 9. The fourth-order valence-corrected chi connectivity index (χ4v) is 9.37. The van der Waals surface area contributed by atoms with Crippen LogP contribution in [0.15, 0.2) is 212 Å². The van der Waals surface area contributed by atoms with E-state index in [4.69, 9.17) is 13.2 Å². The predicted molar refractivity (Wildman–Crippen MR) is 270 cm³/mol. The number of nitrogens with zero attached hydrogens (tertiary/aromatic N) is 3. The van der Waals surface area contributed by atoms with Crippen molar-refractivity contribution in [1.29, 1.82) is 0 Å². The quantitative estimate of drug-likeness (QED) is 0.123. The Kier molecular flexibility index (Phi) is 9.77. The summed E-state index contributed by atoms with van der Waals surface area (Å²) in [5, 5.41) is 9.91. The van der Waals surface area contributed by atoms with Gasteiger partial charge < -0.3 is 9.55 Å². The Morgan fingerprint density at radius 2 is 1.18 bits per heavy atom. The van der Waals surface area contributed by atoms with Gasteiger partial charge in [0.2, 0.25) is 0 Å². The van der Waals surface area contributed by atoms with Gasteiger partial charge in [-0.3, -0.25) is 16.3 Å². The van der Waals surface area contributed by atoms with Crippen LogP contribution in [0.1, 0.15) is 19.4 Å². The summed E-state index contributed by atoms with van der Waals surface area (Å²) in [4.78, 5) is 9.44. The molecule has 3 heterocycles. The first-order valence-electron chi connectivity index (χ1n) is 24.1. The van der Waals surface area contributed by atoms with Gasteiger partial charge in [-0.25, -0.2) is 0 Å². The molecular weight excluding hydrogens is 987 g/mol. The minimum atomic E-state index is -2.18. The maximum absolute atomic E-state index is 7.28. The summed E-state index contributed by atoms with van der Waals surface area (Å²) in [6.45, 7) is -4.34. The molecule has 0 saturated heterocycles. The maximum atomic E-state index is 7.28. The Bertz CT molecular complexity index is 3730. The van der Waals surface area contributed by atoms with Crippen LogP contribution in [0.4, 0.5) is 0 Å². The second-order valence-corrected chi connectivity index (χ2v) is 16.5. The van der Waals surface area contributed by atoms with Gasteiger partial charge in [-0.2, -0.15) is 0 Å². The van der Waals surface area contributed by atoms with Crippen molar-refractivity contribution in [2.24, 2.45) is 0 Å². The molecule has 0 amide bonds. The maximum Gasteiger partial charge on any atom is 0.0774 e. The van der Waals surface area contributed by atoms with Gasteiger partial charge in [-0.15, -0.1) is 40.8 Å². The third kappa shape index (κ3) is 8.11. The van der Waals surface area contributed by atoms with E-state index in [-0.39, 0.29) is 31.2 Å². The Morgan fingerprint density at radius 1 is 0.538 bits per heavy atom. The molecule has 5 heteroatoms. The third-order valence-electron chi connectivity index (χ3n) is 11.7. The number of imidazole rings is 1. The number of fused-ring (bicyclic) bond motifs is 5. The summed E-state index contributed by atoms with van der Waals surface area (Å²) >= 11 is 1.65. The number of hydrogen-bond acceptors (Lipinski definition) is 3. The van der Waals surface area contributed by atoms with Gasteiger partial charge in [0.05, 0.1) is 22.5 Å². The van der Waals surface area contributed by atoms with Crippen molar-refractivity contribution >= 4 is 54.0 Å². The van der Waals surface area contributed by atoms with Crippen LogP contribution in [-0.2, 0) is 20.1 Å². The molecule has 3 aromatic heterocycles. The zero-order valence-electron chi connectivity index (χ0n) is 40.8. The van der Waals surface area contributed by atoms with Crippen LogP contribution >= 0.6 is 11.3 Å². The van der Waals surface area contributed by atoms with Gasteiger partial charge in [-0.05, 0) is 80.1 Å². The molecule has 0 fully saturated rings. The molecule has 3 nitrogen and oxygen atoms in total. The van der Waals surface area contributed by atoms with Gasteiger partial charge in [-0.1, -0.05) is 192 Å². The zero-order chi connectivity index (χ0) is 48.0. The van der Waals surface area contributed by atoms with E-state index in [9.17, 15) is 0 Å². The molecule has 1 radical (unpaired) electrons. The number of thiophene rings is 1. The smallest absolute Gasteiger partial charge is 0.0774 e. The second-order valence-electron chi connectivity index (χ2n) is 15.6. The largest absolute Gasteiger partial charge is 0.332 e. The van der Waals surface area contributed by atoms with E-state index in [0.29, 0.717) is 11.3 Å². The van der Waals surface area contributed by atoms with Crippen molar-refractivity contribution in [3.8, 4) is 61.7 Å². The van der Waals surface area contributed by atoms with Crippen LogP contribution in [0.2, 0.25) is 0 Å². The molecule has 0 unspecified atom stereocenters. The fourth-order valence-electron chi connectivity index (χ4n) is 8.55. The van der Waals surface area contributed by atoms with E-state index in [0.717, 1.165) is 55.7 Å². The molecule has 0 atom stereocenters. The molecule has 9 aromatic carbocycles. The fraction of sp³-hybridized carbons (Fsp3) is 0.0333. The number of para-hydroxylation sites is 3. The Morgan fingerprint density at radius 3 is 1.89 bits per heavy atom. The zero-order valence-corrected chi connectivity index (χ0v) is 38.0. The van der Waals surface area contributed by atoms with E-state index < -0.39 is 13.7 Å². The van der Waals surface area contributed by atoms with Crippen LogP contribution < -0.4 is 0 Å². The summed E-state index contributed by atoms with van der Waals surface area (Å²) in [6.07, 6.45) is 1.30. The molecule has 0 spiro atoms. The van der Waals surface area contributed by atoms with E-state index >= 15 is 0 Å². The van der Waals surface area contributed by atoms with Gasteiger partial charge in [0.15, 0.2) is 0 Å². The van der Waals surface area contributed by atoms with Crippen molar-refractivity contribution in [1.82, 2.24) is 14.5 Å². The van der Waals surface area contributed by atoms with Gasteiger partial charge >= 0.3 is 0 Å². The summed E-state index contributed by atoms with van der Waals surface area (Å²) in [5.74, 6) is 0.889. The number of hydrogen-bond donors (Lipinski definition) is 0. The first-order valence-corrected chi connectivity index (χ1v) is 21.9. The minimum absolute atomic E-state index is 0. The van der Waals surface area contributed by atoms with Crippen molar-refractivity contribution in [2.75, 3.05) is 0 Å². The molecule has 12 aromatic rings. The molecule has 0 aliphatic carbocycles. The molecule has 0 aliphatic rings. The Labute approximate surface area is 405 Å². The summed E-state index contributed by atoms with van der Waals surface area (Å²) in [6, 6.07) is 73.6. The standard InChI is InChI=1S/C47H29N2S.C13H12N.Ir/c1-3-12-31(13-4-1)38-18-11-19-39(32-14-5-2-6-15-32)46(38)49-44-21-10-9-20-43(44)48-47(49)42-30-50-45-27-26-36(29-41(42)45)35-25-24-34-23-22-33-16-7-8-17-37(33)40(34)28-35;1-10-3-6-12(7-4-10)13-8-5-11(2)9-14-13;/h1-29H;3-6,8-9H,1-2H3;/q2*-1;/i;1D3,2D3;. The summed E-state index contributed by atoms with van der Waals surface area (Å²) in [7, 11) is 0. The molecule has 0 saturated carbocycles. The third-order valence-corrected chi connectivity index (χ3v) is 12.5. The monoisotopic (exact) mass is 1030 g/mol. The molecule has 12 rings (SSSR count). The second kappa shape index (κ2) is 18.1. The molecule has 0 N–H and O–H groups in total. The molecule has 313 valence electrons. The first-order chi connectivity index (χ1) is 34.0. The van der Waals surface area contributed by atoms with Gasteiger partial charge in [0.25, 0.3) is 0 Å². The summed E-state index contributed by atoms with van der Waals surface area (Å²) in [5.41, 5.74) is 12.7. The predicted octanol–water partition coefficient (Wildman–Crippen LogP) is 16.2. The minimum Gasteiger partial charge on any atom is -0.332 e. The van der Waals surface area contributed by atoms with Crippen LogP contribution in [0.3, 0.4) is 0 Å². The number of pyridine rings is 1. The molecule has 0 bridgehead atoms. The van der Waals surface area contributed by atoms with E-state index in [1.165, 1.54) is 61.8 Å². The van der Waals surface area contributed by atoms with Crippen molar-refractivity contribution < 1.29 is 28.3 Å². The Hall–Kier alpha value is -7.27. The number of aromatic nitrogens is 3. The van der Waals surface area contributed by atoms with Crippen LogP contribution in [0, 0.1) is 25.2 Å². The van der Waals surface area contributed by atoms with E-state index in [2.05, 4.69) is 197 Å².